The lowest BCUT2D eigenvalue weighted by molar-refractivity contribution is 0.0953. The Bertz CT molecular complexity index is 1030. The van der Waals surface area contributed by atoms with Gasteiger partial charge in [0.2, 0.25) is 0 Å². The standard InChI is InChI=1S/C22H22FN3O2S/c1-14-6-4-5-11-26(14)18-10-9-16(13-17(18)23)24-22(29)25-21(27)20-12-15-7-2-3-8-19(15)28-20/h2-3,7-10,12-14H,4-6,11H2,1H3,(H2,24,25,27,29). The summed E-state index contributed by atoms with van der Waals surface area (Å²) >= 11 is 5.20. The molecule has 1 saturated heterocycles. The van der Waals surface area contributed by atoms with E-state index in [0.29, 0.717) is 23.0 Å². The Balaban J connectivity index is 1.41. The first-order chi connectivity index (χ1) is 14.0. The van der Waals surface area contributed by atoms with Gasteiger partial charge in [0.05, 0.1) is 5.69 Å². The zero-order valence-electron chi connectivity index (χ0n) is 16.1. The van der Waals surface area contributed by atoms with Crippen molar-refractivity contribution in [3.05, 3.63) is 60.1 Å². The number of amides is 1. The Morgan fingerprint density at radius 2 is 2.03 bits per heavy atom. The Hall–Kier alpha value is -2.93. The number of benzene rings is 2. The van der Waals surface area contributed by atoms with Gasteiger partial charge in [0.15, 0.2) is 10.9 Å². The van der Waals surface area contributed by atoms with Crippen LogP contribution in [0.1, 0.15) is 36.7 Å². The van der Waals surface area contributed by atoms with Crippen LogP contribution in [0.3, 0.4) is 0 Å². The fraction of sp³-hybridized carbons (Fsp3) is 0.273. The van der Waals surface area contributed by atoms with Gasteiger partial charge in [-0.3, -0.25) is 10.1 Å². The second kappa shape index (κ2) is 8.21. The number of carbonyl (C=O) groups excluding carboxylic acids is 1. The van der Waals surface area contributed by atoms with Crippen LogP contribution in [-0.4, -0.2) is 23.6 Å². The number of hydrogen-bond acceptors (Lipinski definition) is 4. The van der Waals surface area contributed by atoms with E-state index in [-0.39, 0.29) is 16.7 Å². The molecule has 1 aliphatic heterocycles. The molecule has 0 saturated carbocycles. The highest BCUT2D eigenvalue weighted by Gasteiger charge is 2.21. The monoisotopic (exact) mass is 411 g/mol. The number of fused-ring (bicyclic) bond motifs is 1. The zero-order valence-corrected chi connectivity index (χ0v) is 16.9. The number of nitrogens with zero attached hydrogens (tertiary/aromatic N) is 1. The van der Waals surface area contributed by atoms with Crippen molar-refractivity contribution in [3.8, 4) is 0 Å². The molecule has 1 aromatic heterocycles. The molecular weight excluding hydrogens is 389 g/mol. The van der Waals surface area contributed by atoms with E-state index < -0.39 is 5.91 Å². The minimum atomic E-state index is -0.460. The molecule has 150 valence electrons. The fourth-order valence-electron chi connectivity index (χ4n) is 3.69. The Morgan fingerprint density at radius 1 is 1.21 bits per heavy atom. The van der Waals surface area contributed by atoms with E-state index in [1.165, 1.54) is 12.5 Å². The summed E-state index contributed by atoms with van der Waals surface area (Å²) in [6, 6.07) is 14.2. The molecule has 29 heavy (non-hydrogen) atoms. The maximum absolute atomic E-state index is 14.7. The summed E-state index contributed by atoms with van der Waals surface area (Å²) in [5.41, 5.74) is 1.70. The van der Waals surface area contributed by atoms with Crippen molar-refractivity contribution in [1.82, 2.24) is 5.32 Å². The summed E-state index contributed by atoms with van der Waals surface area (Å²) in [6.45, 7) is 2.98. The van der Waals surface area contributed by atoms with Crippen molar-refractivity contribution in [2.75, 3.05) is 16.8 Å². The molecule has 1 aliphatic rings. The predicted octanol–water partition coefficient (Wildman–Crippen LogP) is 5.08. The molecule has 0 radical (unpaired) electrons. The Morgan fingerprint density at radius 3 is 2.79 bits per heavy atom. The molecule has 3 aromatic rings. The molecule has 1 amide bonds. The average Bonchev–Trinajstić information content (AvgIpc) is 3.13. The lowest BCUT2D eigenvalue weighted by Crippen LogP contribution is -2.38. The summed E-state index contributed by atoms with van der Waals surface area (Å²) in [5, 5.41) is 6.33. The second-order valence-electron chi connectivity index (χ2n) is 7.26. The van der Waals surface area contributed by atoms with Crippen molar-refractivity contribution in [3.63, 3.8) is 0 Å². The van der Waals surface area contributed by atoms with Crippen molar-refractivity contribution in [1.29, 1.82) is 0 Å². The summed E-state index contributed by atoms with van der Waals surface area (Å²) < 4.78 is 20.2. The first-order valence-electron chi connectivity index (χ1n) is 9.68. The number of nitrogens with one attached hydrogen (secondary N) is 2. The quantitative estimate of drug-likeness (QED) is 0.589. The van der Waals surface area contributed by atoms with E-state index in [1.54, 1.807) is 24.3 Å². The Kier molecular flexibility index (Phi) is 5.49. The number of rotatable bonds is 3. The van der Waals surface area contributed by atoms with Gasteiger partial charge in [0.1, 0.15) is 11.4 Å². The number of halogens is 1. The predicted molar refractivity (Wildman–Crippen MR) is 117 cm³/mol. The molecule has 4 rings (SSSR count). The van der Waals surface area contributed by atoms with Crippen molar-refractivity contribution < 1.29 is 13.6 Å². The number of furan rings is 1. The molecular formula is C22H22FN3O2S. The first kappa shape index (κ1) is 19.4. The third-order valence-electron chi connectivity index (χ3n) is 5.19. The third kappa shape index (κ3) is 4.24. The van der Waals surface area contributed by atoms with Gasteiger partial charge in [-0.2, -0.15) is 0 Å². The molecule has 0 aliphatic carbocycles. The molecule has 2 heterocycles. The van der Waals surface area contributed by atoms with E-state index in [2.05, 4.69) is 22.5 Å². The van der Waals surface area contributed by atoms with Crippen molar-refractivity contribution >= 4 is 45.6 Å². The summed E-state index contributed by atoms with van der Waals surface area (Å²) in [4.78, 5) is 14.5. The average molecular weight is 412 g/mol. The number of anilines is 2. The number of hydrogen-bond donors (Lipinski definition) is 2. The number of para-hydroxylation sites is 1. The largest absolute Gasteiger partial charge is 0.451 e. The second-order valence-corrected chi connectivity index (χ2v) is 7.67. The number of carbonyl (C=O) groups is 1. The molecule has 2 aromatic carbocycles. The normalized spacial score (nSPS) is 16.6. The van der Waals surface area contributed by atoms with Gasteiger partial charge in [-0.25, -0.2) is 4.39 Å². The van der Waals surface area contributed by atoms with Crippen LogP contribution in [0, 0.1) is 5.82 Å². The van der Waals surface area contributed by atoms with Crippen LogP contribution < -0.4 is 15.5 Å². The summed E-state index contributed by atoms with van der Waals surface area (Å²) in [6.07, 6.45) is 3.32. The summed E-state index contributed by atoms with van der Waals surface area (Å²) in [5.74, 6) is -0.607. The molecule has 0 bridgehead atoms. The summed E-state index contributed by atoms with van der Waals surface area (Å²) in [7, 11) is 0. The lowest BCUT2D eigenvalue weighted by atomic mass is 10.0. The molecule has 1 atom stereocenters. The minimum absolute atomic E-state index is 0.0777. The SMILES string of the molecule is CC1CCCCN1c1ccc(NC(=S)NC(=O)c2cc3ccccc3o2)cc1F. The van der Waals surface area contributed by atoms with Gasteiger partial charge < -0.3 is 14.6 Å². The highest BCUT2D eigenvalue weighted by molar-refractivity contribution is 7.80. The van der Waals surface area contributed by atoms with Crippen LogP contribution in [0.25, 0.3) is 11.0 Å². The van der Waals surface area contributed by atoms with Crippen LogP contribution in [0.2, 0.25) is 0 Å². The first-order valence-corrected chi connectivity index (χ1v) is 10.1. The molecule has 0 spiro atoms. The fourth-order valence-corrected chi connectivity index (χ4v) is 3.90. The molecule has 1 fully saturated rings. The van der Waals surface area contributed by atoms with E-state index in [1.807, 2.05) is 18.2 Å². The van der Waals surface area contributed by atoms with Gasteiger partial charge in [-0.1, -0.05) is 18.2 Å². The minimum Gasteiger partial charge on any atom is -0.451 e. The van der Waals surface area contributed by atoms with E-state index >= 15 is 0 Å². The van der Waals surface area contributed by atoms with Crippen LogP contribution >= 0.6 is 12.2 Å². The van der Waals surface area contributed by atoms with E-state index in [9.17, 15) is 9.18 Å². The maximum Gasteiger partial charge on any atom is 0.293 e. The van der Waals surface area contributed by atoms with Gasteiger partial charge in [-0.05, 0) is 68.7 Å². The van der Waals surface area contributed by atoms with Crippen LogP contribution in [0.5, 0.6) is 0 Å². The van der Waals surface area contributed by atoms with Gasteiger partial charge in [0, 0.05) is 23.7 Å². The van der Waals surface area contributed by atoms with Crippen LogP contribution in [-0.2, 0) is 0 Å². The van der Waals surface area contributed by atoms with E-state index in [4.69, 9.17) is 16.6 Å². The molecule has 1 unspecified atom stereocenters. The van der Waals surface area contributed by atoms with Gasteiger partial charge in [-0.15, -0.1) is 0 Å². The van der Waals surface area contributed by atoms with Crippen molar-refractivity contribution in [2.45, 2.75) is 32.2 Å². The third-order valence-corrected chi connectivity index (χ3v) is 5.40. The molecule has 7 heteroatoms. The number of piperidine rings is 1. The Labute approximate surface area is 173 Å². The number of thiocarbonyl (C=S) groups is 1. The molecule has 5 nitrogen and oxygen atoms in total. The van der Waals surface area contributed by atoms with Crippen LogP contribution in [0.15, 0.2) is 52.9 Å². The molecule has 2 N–H and O–H groups in total. The van der Waals surface area contributed by atoms with Gasteiger partial charge >= 0.3 is 0 Å². The van der Waals surface area contributed by atoms with Gasteiger partial charge in [0.25, 0.3) is 5.91 Å². The zero-order chi connectivity index (χ0) is 20.4. The highest BCUT2D eigenvalue weighted by atomic mass is 32.1. The van der Waals surface area contributed by atoms with Crippen LogP contribution in [0.4, 0.5) is 15.8 Å². The smallest absolute Gasteiger partial charge is 0.293 e. The van der Waals surface area contributed by atoms with E-state index in [0.717, 1.165) is 24.8 Å². The topological polar surface area (TPSA) is 57.5 Å². The van der Waals surface area contributed by atoms with Crippen molar-refractivity contribution in [2.24, 2.45) is 0 Å². The maximum atomic E-state index is 14.7. The highest BCUT2D eigenvalue weighted by Crippen LogP contribution is 2.29. The lowest BCUT2D eigenvalue weighted by Gasteiger charge is -2.35.